The van der Waals surface area contributed by atoms with E-state index < -0.39 is 11.3 Å². The van der Waals surface area contributed by atoms with Crippen LogP contribution in [0.15, 0.2) is 60.8 Å². The number of fused-ring (bicyclic) bond motifs is 1. The molecule has 0 spiro atoms. The highest BCUT2D eigenvalue weighted by molar-refractivity contribution is 7.77. The fraction of sp³-hybridized carbons (Fsp3) is 0.100. The smallest absolute Gasteiger partial charge is 0.232 e. The first-order chi connectivity index (χ1) is 14.0. The SMILES string of the molecule is Cc1cc2cc(Nc3ccnc(Nc4ccc(CNS(=O)O)cc4)n3)ccc2[nH]1. The van der Waals surface area contributed by atoms with Crippen LogP contribution in [0.3, 0.4) is 0 Å². The highest BCUT2D eigenvalue weighted by Gasteiger charge is 2.04. The number of aromatic nitrogens is 3. The Kier molecular flexibility index (Phi) is 5.52. The van der Waals surface area contributed by atoms with Crippen molar-refractivity contribution in [3.05, 3.63) is 72.1 Å². The van der Waals surface area contributed by atoms with E-state index >= 15 is 0 Å². The fourth-order valence-corrected chi connectivity index (χ4v) is 3.26. The van der Waals surface area contributed by atoms with E-state index in [1.54, 1.807) is 6.20 Å². The van der Waals surface area contributed by atoms with Crippen LogP contribution in [-0.4, -0.2) is 23.7 Å². The number of anilines is 4. The third-order valence-electron chi connectivity index (χ3n) is 4.29. The first kappa shape index (κ1) is 19.1. The number of H-pyrrole nitrogens is 1. The average molecular weight is 408 g/mol. The molecular weight excluding hydrogens is 388 g/mol. The standard InChI is InChI=1S/C20H20N6O2S/c1-13-10-15-11-17(6-7-18(15)23-13)24-19-8-9-21-20(26-19)25-16-4-2-14(3-5-16)12-22-29(27)28/h2-11,22-23H,12H2,1H3,(H,27,28)(H2,21,24,25,26). The van der Waals surface area contributed by atoms with Crippen LogP contribution in [0.1, 0.15) is 11.3 Å². The summed E-state index contributed by atoms with van der Waals surface area (Å²) in [4.78, 5) is 12.1. The Morgan fingerprint density at radius 3 is 2.62 bits per heavy atom. The lowest BCUT2D eigenvalue weighted by Crippen LogP contribution is -2.15. The molecule has 0 saturated heterocycles. The van der Waals surface area contributed by atoms with Crippen LogP contribution < -0.4 is 15.4 Å². The Morgan fingerprint density at radius 2 is 1.83 bits per heavy atom. The summed E-state index contributed by atoms with van der Waals surface area (Å²) >= 11 is -2.02. The van der Waals surface area contributed by atoms with Gasteiger partial charge in [0.15, 0.2) is 0 Å². The molecule has 5 N–H and O–H groups in total. The quantitative estimate of drug-likeness (QED) is 0.296. The molecule has 4 aromatic rings. The molecule has 9 heteroatoms. The Labute approximate surface area is 170 Å². The minimum absolute atomic E-state index is 0.310. The molecule has 2 aromatic heterocycles. The number of nitrogens with one attached hydrogen (secondary N) is 4. The summed E-state index contributed by atoms with van der Waals surface area (Å²) in [5.41, 5.74) is 4.88. The van der Waals surface area contributed by atoms with Crippen molar-refractivity contribution in [3.63, 3.8) is 0 Å². The predicted molar refractivity (Wildman–Crippen MR) is 116 cm³/mol. The van der Waals surface area contributed by atoms with Gasteiger partial charge in [0.2, 0.25) is 17.2 Å². The molecule has 0 saturated carbocycles. The van der Waals surface area contributed by atoms with E-state index in [2.05, 4.69) is 42.4 Å². The van der Waals surface area contributed by atoms with Gasteiger partial charge < -0.3 is 15.6 Å². The van der Waals surface area contributed by atoms with Gasteiger partial charge in [-0.25, -0.2) is 13.9 Å². The van der Waals surface area contributed by atoms with Crippen LogP contribution in [0, 0.1) is 6.92 Å². The molecule has 0 fully saturated rings. The summed E-state index contributed by atoms with van der Waals surface area (Å²) in [5, 5.41) is 7.60. The first-order valence-corrected chi connectivity index (χ1v) is 10.1. The highest BCUT2D eigenvalue weighted by Crippen LogP contribution is 2.23. The number of nitrogens with zero attached hydrogens (tertiary/aromatic N) is 2. The van der Waals surface area contributed by atoms with Crippen molar-refractivity contribution < 1.29 is 8.76 Å². The molecule has 1 unspecified atom stereocenters. The van der Waals surface area contributed by atoms with E-state index in [-0.39, 0.29) is 0 Å². The van der Waals surface area contributed by atoms with E-state index in [1.165, 1.54) is 0 Å². The summed E-state index contributed by atoms with van der Waals surface area (Å²) in [7, 11) is 0. The molecule has 29 heavy (non-hydrogen) atoms. The van der Waals surface area contributed by atoms with Crippen molar-refractivity contribution in [2.45, 2.75) is 13.5 Å². The van der Waals surface area contributed by atoms with Gasteiger partial charge in [-0.3, -0.25) is 4.55 Å². The number of hydrogen-bond donors (Lipinski definition) is 5. The van der Waals surface area contributed by atoms with Gasteiger partial charge in [0, 0.05) is 40.7 Å². The Balaban J connectivity index is 1.44. The van der Waals surface area contributed by atoms with Gasteiger partial charge >= 0.3 is 0 Å². The largest absolute Gasteiger partial charge is 0.359 e. The van der Waals surface area contributed by atoms with E-state index in [9.17, 15) is 4.21 Å². The van der Waals surface area contributed by atoms with E-state index in [1.807, 2.05) is 49.4 Å². The monoisotopic (exact) mass is 408 g/mol. The molecule has 0 amide bonds. The van der Waals surface area contributed by atoms with Gasteiger partial charge in [0.05, 0.1) is 0 Å². The van der Waals surface area contributed by atoms with Crippen molar-refractivity contribution in [3.8, 4) is 0 Å². The lowest BCUT2D eigenvalue weighted by molar-refractivity contribution is 0.548. The van der Waals surface area contributed by atoms with Gasteiger partial charge in [0.1, 0.15) is 5.82 Å². The highest BCUT2D eigenvalue weighted by atomic mass is 32.2. The summed E-state index contributed by atoms with van der Waals surface area (Å²) in [6.45, 7) is 2.34. The Bertz CT molecular complexity index is 1160. The average Bonchev–Trinajstić information content (AvgIpc) is 3.07. The van der Waals surface area contributed by atoms with Crippen LogP contribution in [0.2, 0.25) is 0 Å². The molecule has 0 aliphatic rings. The zero-order valence-electron chi connectivity index (χ0n) is 15.6. The maximum absolute atomic E-state index is 10.7. The Hall–Kier alpha value is -3.27. The molecule has 4 rings (SSSR count). The minimum Gasteiger partial charge on any atom is -0.359 e. The van der Waals surface area contributed by atoms with Crippen molar-refractivity contribution in [1.82, 2.24) is 19.7 Å². The molecule has 2 aromatic carbocycles. The van der Waals surface area contributed by atoms with Crippen molar-refractivity contribution in [2.24, 2.45) is 0 Å². The van der Waals surface area contributed by atoms with E-state index in [0.29, 0.717) is 18.3 Å². The molecule has 2 heterocycles. The lowest BCUT2D eigenvalue weighted by Gasteiger charge is -2.09. The molecule has 8 nitrogen and oxygen atoms in total. The zero-order valence-corrected chi connectivity index (χ0v) is 16.5. The first-order valence-electron chi connectivity index (χ1n) is 8.95. The number of rotatable bonds is 7. The predicted octanol–water partition coefficient (Wildman–Crippen LogP) is 3.98. The summed E-state index contributed by atoms with van der Waals surface area (Å²) < 4.78 is 21.9. The third kappa shape index (κ3) is 4.96. The molecule has 0 aliphatic carbocycles. The molecule has 1 atom stereocenters. The fourth-order valence-electron chi connectivity index (χ4n) is 2.97. The number of benzene rings is 2. The second-order valence-electron chi connectivity index (χ2n) is 6.54. The topological polar surface area (TPSA) is 115 Å². The maximum Gasteiger partial charge on any atom is 0.232 e. The van der Waals surface area contributed by atoms with Gasteiger partial charge in [-0.05, 0) is 55.0 Å². The second-order valence-corrected chi connectivity index (χ2v) is 7.32. The van der Waals surface area contributed by atoms with Crippen LogP contribution in [0.4, 0.5) is 23.1 Å². The van der Waals surface area contributed by atoms with Crippen LogP contribution >= 0.6 is 0 Å². The number of aromatic amines is 1. The van der Waals surface area contributed by atoms with Crippen LogP contribution in [0.25, 0.3) is 10.9 Å². The maximum atomic E-state index is 10.7. The normalized spacial score (nSPS) is 12.1. The van der Waals surface area contributed by atoms with Gasteiger partial charge in [0.25, 0.3) is 0 Å². The minimum atomic E-state index is -2.02. The number of hydrogen-bond acceptors (Lipinski definition) is 5. The third-order valence-corrected chi connectivity index (χ3v) is 4.68. The van der Waals surface area contributed by atoms with Gasteiger partial charge in [-0.1, -0.05) is 12.1 Å². The molecule has 0 bridgehead atoms. The van der Waals surface area contributed by atoms with E-state index in [0.717, 1.165) is 33.5 Å². The summed E-state index contributed by atoms with van der Waals surface area (Å²) in [6.07, 6.45) is 1.69. The molecule has 148 valence electrons. The molecular formula is C20H20N6O2S. The van der Waals surface area contributed by atoms with Crippen molar-refractivity contribution in [1.29, 1.82) is 0 Å². The van der Waals surface area contributed by atoms with Crippen molar-refractivity contribution >= 4 is 45.3 Å². The summed E-state index contributed by atoms with van der Waals surface area (Å²) in [5.74, 6) is 1.15. The van der Waals surface area contributed by atoms with Crippen LogP contribution in [-0.2, 0) is 17.8 Å². The Morgan fingerprint density at radius 1 is 1.03 bits per heavy atom. The van der Waals surface area contributed by atoms with Gasteiger partial charge in [-0.15, -0.1) is 0 Å². The lowest BCUT2D eigenvalue weighted by atomic mass is 10.2. The van der Waals surface area contributed by atoms with Crippen molar-refractivity contribution in [2.75, 3.05) is 10.6 Å². The number of aryl methyl sites for hydroxylation is 1. The van der Waals surface area contributed by atoms with E-state index in [4.69, 9.17) is 4.55 Å². The van der Waals surface area contributed by atoms with Gasteiger partial charge in [-0.2, -0.15) is 4.98 Å². The summed E-state index contributed by atoms with van der Waals surface area (Å²) in [6, 6.07) is 17.5. The zero-order chi connectivity index (χ0) is 20.2. The second kappa shape index (κ2) is 8.39. The molecule has 0 radical (unpaired) electrons. The van der Waals surface area contributed by atoms with Crippen LogP contribution in [0.5, 0.6) is 0 Å². The molecule has 0 aliphatic heterocycles.